The summed E-state index contributed by atoms with van der Waals surface area (Å²) < 4.78 is 5.00. The lowest BCUT2D eigenvalue weighted by Crippen LogP contribution is -2.34. The van der Waals surface area contributed by atoms with E-state index in [1.54, 1.807) is 11.8 Å². The Balaban J connectivity index is 2.21. The number of benzene rings is 1. The van der Waals surface area contributed by atoms with E-state index < -0.39 is 12.1 Å². The highest BCUT2D eigenvalue weighted by Gasteiger charge is 2.13. The number of hydrogen-bond donors (Lipinski definition) is 2. The molecule has 1 aromatic carbocycles. The molecule has 1 unspecified atom stereocenters. The molecule has 0 saturated carbocycles. The van der Waals surface area contributed by atoms with Crippen molar-refractivity contribution in [1.82, 2.24) is 5.32 Å². The molecule has 21 heavy (non-hydrogen) atoms. The molecule has 5 nitrogen and oxygen atoms in total. The standard InChI is InChI=1S/C15H21NO4S/c1-11-3-5-13(6-4-11)21-8-7-14(17)16-10-12(20-2)9-15(18)19/h3-6,12H,7-10H2,1-2H3,(H,16,17)(H,18,19). The highest BCUT2D eigenvalue weighted by Crippen LogP contribution is 2.18. The van der Waals surface area contributed by atoms with E-state index in [4.69, 9.17) is 9.84 Å². The van der Waals surface area contributed by atoms with E-state index >= 15 is 0 Å². The number of nitrogens with one attached hydrogen (secondary N) is 1. The van der Waals surface area contributed by atoms with E-state index in [1.807, 2.05) is 31.2 Å². The van der Waals surface area contributed by atoms with Gasteiger partial charge in [0.15, 0.2) is 0 Å². The molecule has 0 aliphatic rings. The first-order chi connectivity index (χ1) is 10.0. The highest BCUT2D eigenvalue weighted by molar-refractivity contribution is 7.99. The van der Waals surface area contributed by atoms with E-state index in [1.165, 1.54) is 12.7 Å². The quantitative estimate of drug-likeness (QED) is 0.683. The molecule has 0 aromatic heterocycles. The molecule has 0 bridgehead atoms. The van der Waals surface area contributed by atoms with E-state index in [0.717, 1.165) is 4.90 Å². The van der Waals surface area contributed by atoms with E-state index in [9.17, 15) is 9.59 Å². The normalized spacial score (nSPS) is 11.9. The minimum Gasteiger partial charge on any atom is -0.481 e. The van der Waals surface area contributed by atoms with Gasteiger partial charge in [-0.05, 0) is 19.1 Å². The SMILES string of the molecule is COC(CNC(=O)CCSc1ccc(C)cc1)CC(=O)O. The number of aryl methyl sites for hydroxylation is 1. The van der Waals surface area contributed by atoms with Gasteiger partial charge >= 0.3 is 5.97 Å². The Morgan fingerprint density at radius 2 is 2.00 bits per heavy atom. The number of amides is 1. The molecule has 0 aliphatic heterocycles. The van der Waals surface area contributed by atoms with Gasteiger partial charge in [0.2, 0.25) is 5.91 Å². The largest absolute Gasteiger partial charge is 0.481 e. The maximum Gasteiger partial charge on any atom is 0.306 e. The Hall–Kier alpha value is -1.53. The predicted octanol–water partition coefficient (Wildman–Crippen LogP) is 2.08. The van der Waals surface area contributed by atoms with Crippen LogP contribution in [0.15, 0.2) is 29.2 Å². The van der Waals surface area contributed by atoms with Crippen LogP contribution in [-0.2, 0) is 14.3 Å². The van der Waals surface area contributed by atoms with Crippen LogP contribution >= 0.6 is 11.8 Å². The Labute approximate surface area is 129 Å². The molecule has 0 heterocycles. The minimum atomic E-state index is -0.939. The van der Waals surface area contributed by atoms with Gasteiger partial charge in [0.05, 0.1) is 12.5 Å². The van der Waals surface area contributed by atoms with E-state index in [0.29, 0.717) is 12.2 Å². The molecule has 1 rings (SSSR count). The summed E-state index contributed by atoms with van der Waals surface area (Å²) in [6.45, 7) is 2.25. The molecule has 1 amide bonds. The van der Waals surface area contributed by atoms with Crippen molar-refractivity contribution in [3.63, 3.8) is 0 Å². The summed E-state index contributed by atoms with van der Waals surface area (Å²) in [6, 6.07) is 8.15. The maximum absolute atomic E-state index is 11.7. The van der Waals surface area contributed by atoms with Crippen LogP contribution in [0.3, 0.4) is 0 Å². The zero-order chi connectivity index (χ0) is 15.7. The summed E-state index contributed by atoms with van der Waals surface area (Å²) in [4.78, 5) is 23.4. The molecular formula is C15H21NO4S. The number of hydrogen-bond acceptors (Lipinski definition) is 4. The monoisotopic (exact) mass is 311 g/mol. The first-order valence-corrected chi connectivity index (χ1v) is 7.70. The van der Waals surface area contributed by atoms with Crippen molar-refractivity contribution in [2.24, 2.45) is 0 Å². The lowest BCUT2D eigenvalue weighted by molar-refractivity contribution is -0.140. The summed E-state index contributed by atoms with van der Waals surface area (Å²) in [5, 5.41) is 11.4. The van der Waals surface area contributed by atoms with E-state index in [-0.39, 0.29) is 18.9 Å². The van der Waals surface area contributed by atoms with Crippen molar-refractivity contribution in [2.45, 2.75) is 30.8 Å². The fourth-order valence-electron chi connectivity index (χ4n) is 1.65. The van der Waals surface area contributed by atoms with Gasteiger partial charge in [-0.15, -0.1) is 11.8 Å². The third-order valence-corrected chi connectivity index (χ3v) is 3.90. The van der Waals surface area contributed by atoms with Gasteiger partial charge in [-0.25, -0.2) is 0 Å². The molecule has 0 spiro atoms. The molecule has 0 saturated heterocycles. The number of rotatable bonds is 9. The average Bonchev–Trinajstić information content (AvgIpc) is 2.45. The molecular weight excluding hydrogens is 290 g/mol. The van der Waals surface area contributed by atoms with Gasteiger partial charge in [-0.3, -0.25) is 9.59 Å². The zero-order valence-corrected chi connectivity index (χ0v) is 13.1. The minimum absolute atomic E-state index is 0.0953. The van der Waals surface area contributed by atoms with Crippen LogP contribution in [0.25, 0.3) is 0 Å². The first-order valence-electron chi connectivity index (χ1n) is 6.72. The smallest absolute Gasteiger partial charge is 0.306 e. The van der Waals surface area contributed by atoms with E-state index in [2.05, 4.69) is 5.32 Å². The van der Waals surface area contributed by atoms with Crippen molar-refractivity contribution < 1.29 is 19.4 Å². The van der Waals surface area contributed by atoms with Crippen LogP contribution in [-0.4, -0.2) is 42.5 Å². The van der Waals surface area contributed by atoms with Crippen LogP contribution in [0.5, 0.6) is 0 Å². The second-order valence-electron chi connectivity index (χ2n) is 4.67. The summed E-state index contributed by atoms with van der Waals surface area (Å²) in [7, 11) is 1.44. The lowest BCUT2D eigenvalue weighted by Gasteiger charge is -2.13. The molecule has 6 heteroatoms. The molecule has 0 radical (unpaired) electrons. The predicted molar refractivity (Wildman–Crippen MR) is 82.6 cm³/mol. The number of ether oxygens (including phenoxy) is 1. The van der Waals surface area contributed by atoms with Crippen molar-refractivity contribution in [1.29, 1.82) is 0 Å². The Kier molecular flexibility index (Phi) is 7.85. The number of carboxylic acid groups (broad SMARTS) is 1. The number of carboxylic acids is 1. The van der Waals surface area contributed by atoms with Crippen molar-refractivity contribution in [2.75, 3.05) is 19.4 Å². The van der Waals surface area contributed by atoms with Gasteiger partial charge in [0.25, 0.3) is 0 Å². The lowest BCUT2D eigenvalue weighted by atomic mass is 10.2. The number of carbonyl (C=O) groups excluding carboxylic acids is 1. The summed E-state index contributed by atoms with van der Waals surface area (Å²) in [5.41, 5.74) is 1.21. The number of aliphatic carboxylic acids is 1. The second-order valence-corrected chi connectivity index (χ2v) is 5.84. The van der Waals surface area contributed by atoms with Gasteiger partial charge in [0, 0.05) is 30.7 Å². The third kappa shape index (κ3) is 7.72. The highest BCUT2D eigenvalue weighted by atomic mass is 32.2. The number of methoxy groups -OCH3 is 1. The molecule has 2 N–H and O–H groups in total. The average molecular weight is 311 g/mol. The van der Waals surface area contributed by atoms with Crippen LogP contribution in [0.4, 0.5) is 0 Å². The summed E-state index contributed by atoms with van der Waals surface area (Å²) >= 11 is 1.62. The third-order valence-electron chi connectivity index (χ3n) is 2.88. The Bertz CT molecular complexity index is 461. The summed E-state index contributed by atoms with van der Waals surface area (Å²) in [5.74, 6) is -0.348. The molecule has 1 aromatic rings. The first kappa shape index (κ1) is 17.5. The van der Waals surface area contributed by atoms with Crippen LogP contribution in [0.2, 0.25) is 0 Å². The fraction of sp³-hybridized carbons (Fsp3) is 0.467. The van der Waals surface area contributed by atoms with Crippen LogP contribution < -0.4 is 5.32 Å². The van der Waals surface area contributed by atoms with Crippen molar-refractivity contribution in [3.8, 4) is 0 Å². The summed E-state index contributed by atoms with van der Waals surface area (Å²) in [6.07, 6.45) is -0.215. The Morgan fingerprint density at radius 1 is 1.33 bits per heavy atom. The van der Waals surface area contributed by atoms with Crippen LogP contribution in [0, 0.1) is 6.92 Å². The molecule has 0 aliphatic carbocycles. The molecule has 0 fully saturated rings. The number of thioether (sulfide) groups is 1. The van der Waals surface area contributed by atoms with Gasteiger partial charge in [0.1, 0.15) is 0 Å². The Morgan fingerprint density at radius 3 is 2.57 bits per heavy atom. The molecule has 1 atom stereocenters. The van der Waals surface area contributed by atoms with Crippen molar-refractivity contribution >= 4 is 23.6 Å². The fourth-order valence-corrected chi connectivity index (χ4v) is 2.50. The second kappa shape index (κ2) is 9.41. The van der Waals surface area contributed by atoms with Gasteiger partial charge in [-0.2, -0.15) is 0 Å². The zero-order valence-electron chi connectivity index (χ0n) is 12.3. The van der Waals surface area contributed by atoms with Crippen LogP contribution in [0.1, 0.15) is 18.4 Å². The van der Waals surface area contributed by atoms with Gasteiger partial charge in [-0.1, -0.05) is 17.7 Å². The van der Waals surface area contributed by atoms with Crippen molar-refractivity contribution in [3.05, 3.63) is 29.8 Å². The maximum atomic E-state index is 11.7. The molecule has 116 valence electrons. The number of carbonyl (C=O) groups is 2. The van der Waals surface area contributed by atoms with Gasteiger partial charge < -0.3 is 15.2 Å². The topological polar surface area (TPSA) is 75.6 Å².